The Morgan fingerprint density at radius 1 is 1.33 bits per heavy atom. The molecule has 2 aromatic rings. The summed E-state index contributed by atoms with van der Waals surface area (Å²) in [5, 5.41) is 1.98. The maximum Gasteiger partial charge on any atom is 0.231 e. The lowest BCUT2D eigenvalue weighted by Gasteiger charge is -2.17. The number of thiophene rings is 1. The number of ether oxygens (including phenoxy) is 1. The van der Waals surface area contributed by atoms with E-state index in [4.69, 9.17) is 4.74 Å². The van der Waals surface area contributed by atoms with Gasteiger partial charge in [0.25, 0.3) is 0 Å². The molecule has 0 aliphatic carbocycles. The van der Waals surface area contributed by atoms with E-state index in [1.807, 2.05) is 41.8 Å². The minimum Gasteiger partial charge on any atom is -0.497 e. The maximum atomic E-state index is 12.1. The fourth-order valence-corrected chi connectivity index (χ4v) is 2.34. The highest BCUT2D eigenvalue weighted by Gasteiger charge is 2.12. The Bertz CT molecular complexity index is 522. The Balaban J connectivity index is 2.10. The van der Waals surface area contributed by atoms with Gasteiger partial charge >= 0.3 is 0 Å². The van der Waals surface area contributed by atoms with Crippen molar-refractivity contribution in [2.45, 2.75) is 6.42 Å². The third kappa shape index (κ3) is 2.90. The van der Waals surface area contributed by atoms with Crippen LogP contribution in [0.15, 0.2) is 41.8 Å². The van der Waals surface area contributed by atoms with Crippen LogP contribution in [-0.4, -0.2) is 20.1 Å². The first-order valence-electron chi connectivity index (χ1n) is 5.63. The SMILES string of the molecule is COc1cccc(N(C)C(=O)Cc2cccs2)c1. The smallest absolute Gasteiger partial charge is 0.231 e. The van der Waals surface area contributed by atoms with Crippen LogP contribution in [0, 0.1) is 0 Å². The Morgan fingerprint density at radius 3 is 2.83 bits per heavy atom. The summed E-state index contributed by atoms with van der Waals surface area (Å²) < 4.78 is 5.15. The van der Waals surface area contributed by atoms with Crippen molar-refractivity contribution in [2.75, 3.05) is 19.1 Å². The molecule has 94 valence electrons. The Morgan fingerprint density at radius 2 is 2.17 bits per heavy atom. The average Bonchev–Trinajstić information content (AvgIpc) is 2.90. The topological polar surface area (TPSA) is 29.5 Å². The molecule has 0 radical (unpaired) electrons. The minimum absolute atomic E-state index is 0.0747. The molecule has 0 aliphatic rings. The van der Waals surface area contributed by atoms with Gasteiger partial charge in [0.1, 0.15) is 5.75 Å². The molecule has 0 atom stereocenters. The molecule has 0 aliphatic heterocycles. The van der Waals surface area contributed by atoms with Gasteiger partial charge < -0.3 is 9.64 Å². The van der Waals surface area contributed by atoms with Gasteiger partial charge in [0.05, 0.1) is 13.5 Å². The number of benzene rings is 1. The number of likely N-dealkylation sites (N-methyl/N-ethyl adjacent to an activating group) is 1. The molecule has 0 bridgehead atoms. The van der Waals surface area contributed by atoms with Gasteiger partial charge in [-0.2, -0.15) is 0 Å². The highest BCUT2D eigenvalue weighted by Crippen LogP contribution is 2.21. The number of carbonyl (C=O) groups excluding carboxylic acids is 1. The quantitative estimate of drug-likeness (QED) is 0.847. The van der Waals surface area contributed by atoms with E-state index >= 15 is 0 Å². The van der Waals surface area contributed by atoms with Crippen LogP contribution in [0.4, 0.5) is 5.69 Å². The average molecular weight is 261 g/mol. The normalized spacial score (nSPS) is 10.1. The van der Waals surface area contributed by atoms with Crippen molar-refractivity contribution in [1.29, 1.82) is 0 Å². The molecule has 1 aromatic heterocycles. The van der Waals surface area contributed by atoms with E-state index in [9.17, 15) is 4.79 Å². The highest BCUT2D eigenvalue weighted by atomic mass is 32.1. The van der Waals surface area contributed by atoms with Crippen molar-refractivity contribution < 1.29 is 9.53 Å². The minimum atomic E-state index is 0.0747. The summed E-state index contributed by atoms with van der Waals surface area (Å²) in [5.74, 6) is 0.828. The van der Waals surface area contributed by atoms with Crippen LogP contribution in [0.2, 0.25) is 0 Å². The molecule has 0 N–H and O–H groups in total. The summed E-state index contributed by atoms with van der Waals surface area (Å²) in [6.07, 6.45) is 0.436. The van der Waals surface area contributed by atoms with Crippen molar-refractivity contribution in [3.63, 3.8) is 0 Å². The van der Waals surface area contributed by atoms with Crippen LogP contribution >= 0.6 is 11.3 Å². The predicted molar refractivity (Wildman–Crippen MR) is 74.4 cm³/mol. The molecular weight excluding hydrogens is 246 g/mol. The molecule has 0 fully saturated rings. The lowest BCUT2D eigenvalue weighted by molar-refractivity contribution is -0.117. The number of amides is 1. The van der Waals surface area contributed by atoms with Gasteiger partial charge in [0.2, 0.25) is 5.91 Å². The molecule has 0 saturated carbocycles. The number of nitrogens with zero attached hydrogens (tertiary/aromatic N) is 1. The Hall–Kier alpha value is -1.81. The van der Waals surface area contributed by atoms with Crippen LogP contribution in [0.25, 0.3) is 0 Å². The number of anilines is 1. The summed E-state index contributed by atoms with van der Waals surface area (Å²) in [5.41, 5.74) is 0.843. The zero-order valence-corrected chi connectivity index (χ0v) is 11.2. The second-order valence-electron chi connectivity index (χ2n) is 3.91. The van der Waals surface area contributed by atoms with Crippen LogP contribution < -0.4 is 9.64 Å². The molecule has 2 rings (SSSR count). The van der Waals surface area contributed by atoms with Gasteiger partial charge in [0.15, 0.2) is 0 Å². The van der Waals surface area contributed by atoms with E-state index in [1.54, 1.807) is 30.4 Å². The lowest BCUT2D eigenvalue weighted by atomic mass is 10.2. The van der Waals surface area contributed by atoms with Crippen LogP contribution in [-0.2, 0) is 11.2 Å². The maximum absolute atomic E-state index is 12.1. The highest BCUT2D eigenvalue weighted by molar-refractivity contribution is 7.10. The molecular formula is C14H15NO2S. The number of hydrogen-bond acceptors (Lipinski definition) is 3. The van der Waals surface area contributed by atoms with Crippen molar-refractivity contribution in [3.8, 4) is 5.75 Å². The first-order valence-corrected chi connectivity index (χ1v) is 6.51. The number of rotatable bonds is 4. The van der Waals surface area contributed by atoms with Gasteiger partial charge in [-0.15, -0.1) is 11.3 Å². The summed E-state index contributed by atoms with van der Waals surface area (Å²) >= 11 is 1.60. The van der Waals surface area contributed by atoms with E-state index in [2.05, 4.69) is 0 Å². The first kappa shape index (κ1) is 12.6. The van der Waals surface area contributed by atoms with Crippen molar-refractivity contribution in [1.82, 2.24) is 0 Å². The van der Waals surface area contributed by atoms with Crippen molar-refractivity contribution >= 4 is 22.9 Å². The standard InChI is InChI=1S/C14H15NO2S/c1-15(11-5-3-6-12(9-11)17-2)14(16)10-13-7-4-8-18-13/h3-9H,10H2,1-2H3. The Labute approximate surface area is 111 Å². The van der Waals surface area contributed by atoms with E-state index in [1.165, 1.54) is 0 Å². The zero-order valence-electron chi connectivity index (χ0n) is 10.4. The van der Waals surface area contributed by atoms with E-state index in [-0.39, 0.29) is 5.91 Å². The van der Waals surface area contributed by atoms with E-state index < -0.39 is 0 Å². The van der Waals surface area contributed by atoms with E-state index in [0.29, 0.717) is 6.42 Å². The predicted octanol–water partition coefficient (Wildman–Crippen LogP) is 2.96. The third-order valence-electron chi connectivity index (χ3n) is 2.72. The van der Waals surface area contributed by atoms with Gasteiger partial charge in [0, 0.05) is 23.7 Å². The summed E-state index contributed by atoms with van der Waals surface area (Å²) in [6.45, 7) is 0. The molecule has 18 heavy (non-hydrogen) atoms. The Kier molecular flexibility index (Phi) is 3.99. The van der Waals surface area contributed by atoms with Crippen molar-refractivity contribution in [3.05, 3.63) is 46.7 Å². The molecule has 4 heteroatoms. The largest absolute Gasteiger partial charge is 0.497 e. The molecule has 1 amide bonds. The summed E-state index contributed by atoms with van der Waals surface area (Å²) in [6, 6.07) is 11.4. The number of carbonyl (C=O) groups is 1. The van der Waals surface area contributed by atoms with Gasteiger partial charge in [-0.25, -0.2) is 0 Å². The first-order chi connectivity index (χ1) is 8.70. The fourth-order valence-electron chi connectivity index (χ4n) is 1.64. The van der Waals surface area contributed by atoms with Crippen LogP contribution in [0.5, 0.6) is 5.75 Å². The van der Waals surface area contributed by atoms with Crippen LogP contribution in [0.3, 0.4) is 0 Å². The molecule has 1 aromatic carbocycles. The second-order valence-corrected chi connectivity index (χ2v) is 4.94. The lowest BCUT2D eigenvalue weighted by Crippen LogP contribution is -2.27. The number of hydrogen-bond donors (Lipinski definition) is 0. The molecule has 3 nitrogen and oxygen atoms in total. The van der Waals surface area contributed by atoms with E-state index in [0.717, 1.165) is 16.3 Å². The molecule has 0 saturated heterocycles. The summed E-state index contributed by atoms with van der Waals surface area (Å²) in [7, 11) is 3.40. The molecule has 0 spiro atoms. The molecule has 0 unspecified atom stereocenters. The van der Waals surface area contributed by atoms with Crippen molar-refractivity contribution in [2.24, 2.45) is 0 Å². The van der Waals surface area contributed by atoms with Crippen LogP contribution in [0.1, 0.15) is 4.88 Å². The third-order valence-corrected chi connectivity index (χ3v) is 3.60. The van der Waals surface area contributed by atoms with Gasteiger partial charge in [-0.05, 0) is 23.6 Å². The monoisotopic (exact) mass is 261 g/mol. The zero-order chi connectivity index (χ0) is 13.0. The van der Waals surface area contributed by atoms with Gasteiger partial charge in [-0.1, -0.05) is 12.1 Å². The second kappa shape index (κ2) is 5.69. The molecule has 1 heterocycles. The summed E-state index contributed by atoms with van der Waals surface area (Å²) in [4.78, 5) is 14.8. The van der Waals surface area contributed by atoms with Gasteiger partial charge in [-0.3, -0.25) is 4.79 Å². The number of methoxy groups -OCH3 is 1. The fraction of sp³-hybridized carbons (Fsp3) is 0.214.